The third-order valence-corrected chi connectivity index (χ3v) is 5.37. The largest absolute Gasteiger partial charge is 0.433 e. The van der Waals surface area contributed by atoms with Crippen LogP contribution in [0.1, 0.15) is 47.5 Å². The lowest BCUT2D eigenvalue weighted by molar-refractivity contribution is -0.142. The predicted molar refractivity (Wildman–Crippen MR) is 101 cm³/mol. The van der Waals surface area contributed by atoms with Crippen molar-refractivity contribution in [1.29, 1.82) is 0 Å². The summed E-state index contributed by atoms with van der Waals surface area (Å²) < 4.78 is 43.0. The first-order valence-corrected chi connectivity index (χ1v) is 9.72. The van der Waals surface area contributed by atoms with Crippen molar-refractivity contribution in [2.45, 2.75) is 52.3 Å². The molecular formula is C19H22F3N7O. The van der Waals surface area contributed by atoms with Crippen LogP contribution in [-0.4, -0.2) is 53.3 Å². The summed E-state index contributed by atoms with van der Waals surface area (Å²) in [4.78, 5) is 22.9. The maximum Gasteiger partial charge on any atom is 0.433 e. The molecule has 0 spiro atoms. The molecule has 4 rings (SSSR count). The average Bonchev–Trinajstić information content (AvgIpc) is 3.20. The normalized spacial score (nSPS) is 15.9. The zero-order chi connectivity index (χ0) is 21.6. The van der Waals surface area contributed by atoms with Gasteiger partial charge in [-0.1, -0.05) is 0 Å². The Balaban J connectivity index is 1.49. The van der Waals surface area contributed by atoms with Gasteiger partial charge in [0.1, 0.15) is 23.9 Å². The first-order chi connectivity index (χ1) is 14.1. The van der Waals surface area contributed by atoms with Gasteiger partial charge in [-0.15, -0.1) is 0 Å². The average molecular weight is 421 g/mol. The fourth-order valence-electron chi connectivity index (χ4n) is 3.88. The van der Waals surface area contributed by atoms with E-state index in [0.29, 0.717) is 49.0 Å². The Morgan fingerprint density at radius 2 is 1.80 bits per heavy atom. The number of piperidine rings is 1. The highest BCUT2D eigenvalue weighted by Crippen LogP contribution is 2.34. The highest BCUT2D eigenvalue weighted by Gasteiger charge is 2.36. The number of carbonyl (C=O) groups is 1. The van der Waals surface area contributed by atoms with Crippen LogP contribution in [0.25, 0.3) is 5.65 Å². The Bertz CT molecular complexity index is 1090. The summed E-state index contributed by atoms with van der Waals surface area (Å²) in [7, 11) is 0. The van der Waals surface area contributed by atoms with E-state index in [1.165, 1.54) is 0 Å². The number of hydrogen-bond acceptors (Lipinski definition) is 5. The lowest BCUT2D eigenvalue weighted by Gasteiger charge is -2.32. The number of carbonyl (C=O) groups excluding carboxylic acids is 1. The van der Waals surface area contributed by atoms with Gasteiger partial charge in [-0.2, -0.15) is 23.4 Å². The van der Waals surface area contributed by atoms with E-state index < -0.39 is 11.9 Å². The van der Waals surface area contributed by atoms with Gasteiger partial charge in [0.05, 0.1) is 5.69 Å². The highest BCUT2D eigenvalue weighted by atomic mass is 19.4. The van der Waals surface area contributed by atoms with Crippen LogP contribution in [0.2, 0.25) is 0 Å². The Morgan fingerprint density at radius 1 is 1.10 bits per heavy atom. The van der Waals surface area contributed by atoms with Gasteiger partial charge >= 0.3 is 6.18 Å². The molecule has 30 heavy (non-hydrogen) atoms. The number of rotatable bonds is 3. The molecule has 3 aromatic rings. The molecule has 0 bridgehead atoms. The molecule has 1 aliphatic heterocycles. The molecule has 0 radical (unpaired) electrons. The molecule has 0 atom stereocenters. The van der Waals surface area contributed by atoms with Crippen LogP contribution in [0.5, 0.6) is 0 Å². The second-order valence-corrected chi connectivity index (χ2v) is 7.64. The fraction of sp³-hybridized carbons (Fsp3) is 0.526. The van der Waals surface area contributed by atoms with Crippen molar-refractivity contribution in [1.82, 2.24) is 34.3 Å². The molecule has 1 fully saturated rings. The minimum Gasteiger partial charge on any atom is -0.341 e. The Morgan fingerprint density at radius 3 is 2.40 bits per heavy atom. The molecular weight excluding hydrogens is 399 g/mol. The minimum atomic E-state index is -4.53. The molecule has 0 saturated carbocycles. The first-order valence-electron chi connectivity index (χ1n) is 9.72. The quantitative estimate of drug-likeness (QED) is 0.650. The van der Waals surface area contributed by atoms with Crippen molar-refractivity contribution in [3.05, 3.63) is 40.9 Å². The van der Waals surface area contributed by atoms with Crippen LogP contribution in [0.4, 0.5) is 13.2 Å². The van der Waals surface area contributed by atoms with Crippen molar-refractivity contribution < 1.29 is 18.0 Å². The van der Waals surface area contributed by atoms with Gasteiger partial charge in [0.2, 0.25) is 5.91 Å². The summed E-state index contributed by atoms with van der Waals surface area (Å²) in [6.45, 7) is 6.22. The second kappa shape index (κ2) is 7.37. The third-order valence-electron chi connectivity index (χ3n) is 5.37. The van der Waals surface area contributed by atoms with Crippen molar-refractivity contribution in [2.75, 3.05) is 13.1 Å². The zero-order valence-electron chi connectivity index (χ0n) is 16.9. The summed E-state index contributed by atoms with van der Waals surface area (Å²) in [5, 5.41) is 8.12. The lowest BCUT2D eigenvalue weighted by Crippen LogP contribution is -2.40. The van der Waals surface area contributed by atoms with Gasteiger partial charge < -0.3 is 4.90 Å². The van der Waals surface area contributed by atoms with Gasteiger partial charge in [-0.3, -0.25) is 4.79 Å². The Kier molecular flexibility index (Phi) is 4.99. The lowest BCUT2D eigenvalue weighted by atomic mass is 9.92. The SMILES string of the molecule is Cc1cc2nc(C3CCN(C(=O)Cn4nc(C)nc4C)CC3)cc(C(F)(F)F)n2n1. The van der Waals surface area contributed by atoms with Gasteiger partial charge in [-0.05, 0) is 39.7 Å². The zero-order valence-corrected chi connectivity index (χ0v) is 16.9. The van der Waals surface area contributed by atoms with Gasteiger partial charge in [0.25, 0.3) is 0 Å². The van der Waals surface area contributed by atoms with Crippen LogP contribution < -0.4 is 0 Å². The molecule has 3 aromatic heterocycles. The second-order valence-electron chi connectivity index (χ2n) is 7.64. The number of alkyl halides is 3. The molecule has 0 aromatic carbocycles. The maximum atomic E-state index is 13.5. The van der Waals surface area contributed by atoms with Crippen LogP contribution in [0.15, 0.2) is 12.1 Å². The molecule has 4 heterocycles. The number of hydrogen-bond donors (Lipinski definition) is 0. The third kappa shape index (κ3) is 3.88. The van der Waals surface area contributed by atoms with Crippen LogP contribution in [0, 0.1) is 20.8 Å². The number of likely N-dealkylation sites (tertiary alicyclic amines) is 1. The maximum absolute atomic E-state index is 13.5. The van der Waals surface area contributed by atoms with Crippen molar-refractivity contribution in [3.63, 3.8) is 0 Å². The topological polar surface area (TPSA) is 81.2 Å². The smallest absolute Gasteiger partial charge is 0.341 e. The number of aromatic nitrogens is 6. The van der Waals surface area contributed by atoms with Gasteiger partial charge in [0.15, 0.2) is 5.65 Å². The van der Waals surface area contributed by atoms with E-state index in [9.17, 15) is 18.0 Å². The molecule has 1 saturated heterocycles. The van der Waals surface area contributed by atoms with Crippen LogP contribution >= 0.6 is 0 Å². The van der Waals surface area contributed by atoms with Gasteiger partial charge in [-0.25, -0.2) is 19.2 Å². The van der Waals surface area contributed by atoms with E-state index >= 15 is 0 Å². The number of fused-ring (bicyclic) bond motifs is 1. The Hall–Kier alpha value is -2.98. The standard InChI is InChI=1S/C19H22F3N7O/c1-11-8-17-24-15(9-16(19(20,21)22)29(17)25-11)14-4-6-27(7-5-14)18(30)10-28-13(3)23-12(2)26-28/h8-9,14H,4-7,10H2,1-3H3. The molecule has 160 valence electrons. The van der Waals surface area contributed by atoms with Gasteiger partial charge in [0, 0.05) is 30.8 Å². The molecule has 0 N–H and O–H groups in total. The van der Waals surface area contributed by atoms with Crippen molar-refractivity contribution in [2.24, 2.45) is 0 Å². The molecule has 1 aliphatic rings. The monoisotopic (exact) mass is 421 g/mol. The number of aryl methyl sites for hydroxylation is 3. The summed E-state index contributed by atoms with van der Waals surface area (Å²) in [5.74, 6) is 1.05. The molecule has 1 amide bonds. The van der Waals surface area contributed by atoms with E-state index in [0.717, 1.165) is 10.6 Å². The summed E-state index contributed by atoms with van der Waals surface area (Å²) in [5.41, 5.74) is 0.229. The van der Waals surface area contributed by atoms with E-state index in [2.05, 4.69) is 20.2 Å². The van der Waals surface area contributed by atoms with Crippen LogP contribution in [-0.2, 0) is 17.5 Å². The van der Waals surface area contributed by atoms with E-state index in [1.807, 2.05) is 0 Å². The van der Waals surface area contributed by atoms with Crippen LogP contribution in [0.3, 0.4) is 0 Å². The predicted octanol–water partition coefficient (Wildman–Crippen LogP) is 2.67. The Labute approximate surface area is 170 Å². The van der Waals surface area contributed by atoms with E-state index in [-0.39, 0.29) is 24.0 Å². The summed E-state index contributed by atoms with van der Waals surface area (Å²) in [6, 6.07) is 2.63. The summed E-state index contributed by atoms with van der Waals surface area (Å²) >= 11 is 0. The molecule has 11 heteroatoms. The summed E-state index contributed by atoms with van der Waals surface area (Å²) in [6.07, 6.45) is -3.43. The van der Waals surface area contributed by atoms with Crippen molar-refractivity contribution >= 4 is 11.6 Å². The number of halogens is 3. The molecule has 0 aliphatic carbocycles. The van der Waals surface area contributed by atoms with Crippen molar-refractivity contribution in [3.8, 4) is 0 Å². The minimum absolute atomic E-state index is 0.0766. The fourth-order valence-corrected chi connectivity index (χ4v) is 3.88. The highest BCUT2D eigenvalue weighted by molar-refractivity contribution is 5.76. The van der Waals surface area contributed by atoms with E-state index in [4.69, 9.17) is 0 Å². The number of amides is 1. The molecule has 0 unspecified atom stereocenters. The van der Waals surface area contributed by atoms with E-state index in [1.54, 1.807) is 36.4 Å². The first kappa shape index (κ1) is 20.3. The molecule has 8 nitrogen and oxygen atoms in total. The number of nitrogens with zero attached hydrogens (tertiary/aromatic N) is 7.